The zero-order chi connectivity index (χ0) is 13.7. The maximum Gasteiger partial charge on any atom is 0.00128 e. The van der Waals surface area contributed by atoms with Crippen molar-refractivity contribution in [1.82, 2.24) is 5.32 Å². The van der Waals surface area contributed by atoms with E-state index in [1.54, 1.807) is 0 Å². The molecule has 2 fully saturated rings. The van der Waals surface area contributed by atoms with Crippen LogP contribution >= 0.6 is 0 Å². The Balaban J connectivity index is 1.86. The Morgan fingerprint density at radius 2 is 1.79 bits per heavy atom. The average molecular weight is 265 g/mol. The van der Waals surface area contributed by atoms with Crippen molar-refractivity contribution >= 4 is 0 Å². The summed E-state index contributed by atoms with van der Waals surface area (Å²) >= 11 is 0. The second-order valence-corrected chi connectivity index (χ2v) is 7.61. The molecule has 0 amide bonds. The summed E-state index contributed by atoms with van der Waals surface area (Å²) in [5, 5.41) is 3.76. The highest BCUT2D eigenvalue weighted by atomic mass is 14.9. The quantitative estimate of drug-likeness (QED) is 0.671. The summed E-state index contributed by atoms with van der Waals surface area (Å²) in [4.78, 5) is 0. The van der Waals surface area contributed by atoms with Gasteiger partial charge in [0.15, 0.2) is 0 Å². The van der Waals surface area contributed by atoms with Crippen LogP contribution in [0.2, 0.25) is 0 Å². The summed E-state index contributed by atoms with van der Waals surface area (Å²) in [6, 6.07) is 0.648. The molecule has 1 N–H and O–H groups in total. The zero-order valence-corrected chi connectivity index (χ0v) is 13.5. The Labute approximate surface area is 120 Å². The van der Waals surface area contributed by atoms with Gasteiger partial charge in [0.1, 0.15) is 0 Å². The Bertz CT molecular complexity index is 246. The Kier molecular flexibility index (Phi) is 5.74. The second kappa shape index (κ2) is 7.11. The largest absolute Gasteiger partial charge is 0.314 e. The van der Waals surface area contributed by atoms with Crippen molar-refractivity contribution in [2.75, 3.05) is 6.54 Å². The molecular weight excluding hydrogens is 230 g/mol. The van der Waals surface area contributed by atoms with E-state index < -0.39 is 0 Å². The Morgan fingerprint density at radius 1 is 1.11 bits per heavy atom. The summed E-state index contributed by atoms with van der Waals surface area (Å²) in [7, 11) is 0. The summed E-state index contributed by atoms with van der Waals surface area (Å²) < 4.78 is 0. The van der Waals surface area contributed by atoms with Crippen LogP contribution in [0.5, 0.6) is 0 Å². The first-order valence-electron chi connectivity index (χ1n) is 8.89. The fraction of sp³-hybridized carbons (Fsp3) is 1.00. The van der Waals surface area contributed by atoms with Gasteiger partial charge in [-0.3, -0.25) is 0 Å². The van der Waals surface area contributed by atoms with Gasteiger partial charge in [0, 0.05) is 12.6 Å². The number of hydrogen-bond donors (Lipinski definition) is 1. The van der Waals surface area contributed by atoms with Gasteiger partial charge in [0.05, 0.1) is 0 Å². The highest BCUT2D eigenvalue weighted by Gasteiger charge is 2.43. The van der Waals surface area contributed by atoms with Crippen LogP contribution in [0.25, 0.3) is 0 Å². The SMILES string of the molecule is CCCCC1CCC(CNC(C)C)(C2CCC2)CC1. The van der Waals surface area contributed by atoms with E-state index in [0.29, 0.717) is 11.5 Å². The van der Waals surface area contributed by atoms with E-state index in [0.717, 1.165) is 11.8 Å². The number of hydrogen-bond acceptors (Lipinski definition) is 1. The molecule has 0 aliphatic heterocycles. The molecule has 1 heteroatoms. The number of unbranched alkanes of at least 4 members (excludes halogenated alkanes) is 1. The molecule has 0 bridgehead atoms. The van der Waals surface area contributed by atoms with Gasteiger partial charge in [-0.05, 0) is 55.8 Å². The zero-order valence-electron chi connectivity index (χ0n) is 13.5. The molecule has 2 saturated carbocycles. The highest BCUT2D eigenvalue weighted by Crippen LogP contribution is 2.52. The standard InChI is InChI=1S/C18H35N/c1-4-5-7-16-10-12-18(13-11-16,14-19-15(2)3)17-8-6-9-17/h15-17,19H,4-14H2,1-3H3. The van der Waals surface area contributed by atoms with Crippen LogP contribution in [0.4, 0.5) is 0 Å². The number of nitrogens with one attached hydrogen (secondary N) is 1. The first-order valence-corrected chi connectivity index (χ1v) is 8.89. The van der Waals surface area contributed by atoms with E-state index in [9.17, 15) is 0 Å². The lowest BCUT2D eigenvalue weighted by Gasteiger charge is -2.50. The molecule has 0 saturated heterocycles. The van der Waals surface area contributed by atoms with Crippen molar-refractivity contribution in [3.63, 3.8) is 0 Å². The molecular formula is C18H35N. The normalized spacial score (nSPS) is 32.5. The van der Waals surface area contributed by atoms with Crippen LogP contribution in [0.15, 0.2) is 0 Å². The third-order valence-corrected chi connectivity index (χ3v) is 5.90. The van der Waals surface area contributed by atoms with Crippen molar-refractivity contribution in [1.29, 1.82) is 0 Å². The predicted molar refractivity (Wildman–Crippen MR) is 84.4 cm³/mol. The molecule has 0 spiro atoms. The molecule has 0 heterocycles. The Hall–Kier alpha value is -0.0400. The summed E-state index contributed by atoms with van der Waals surface area (Å²) in [6.45, 7) is 8.20. The minimum absolute atomic E-state index is 0.648. The predicted octanol–water partition coefficient (Wildman–Crippen LogP) is 5.15. The molecule has 2 aliphatic carbocycles. The van der Waals surface area contributed by atoms with Gasteiger partial charge in [-0.2, -0.15) is 0 Å². The van der Waals surface area contributed by atoms with Crippen molar-refractivity contribution in [3.05, 3.63) is 0 Å². The van der Waals surface area contributed by atoms with Crippen LogP contribution in [0, 0.1) is 17.3 Å². The van der Waals surface area contributed by atoms with Crippen LogP contribution in [-0.4, -0.2) is 12.6 Å². The van der Waals surface area contributed by atoms with E-state index in [-0.39, 0.29) is 0 Å². The molecule has 19 heavy (non-hydrogen) atoms. The van der Waals surface area contributed by atoms with Crippen LogP contribution in [0.3, 0.4) is 0 Å². The lowest BCUT2D eigenvalue weighted by Crippen LogP contribution is -2.47. The topological polar surface area (TPSA) is 12.0 Å². The van der Waals surface area contributed by atoms with Crippen molar-refractivity contribution in [2.24, 2.45) is 17.3 Å². The van der Waals surface area contributed by atoms with Gasteiger partial charge in [-0.15, -0.1) is 0 Å². The molecule has 2 rings (SSSR count). The molecule has 0 aromatic rings. The summed E-state index contributed by atoms with van der Waals surface area (Å²) in [5.74, 6) is 2.10. The molecule has 0 unspecified atom stereocenters. The van der Waals surface area contributed by atoms with Gasteiger partial charge >= 0.3 is 0 Å². The number of rotatable bonds is 7. The lowest BCUT2D eigenvalue weighted by molar-refractivity contribution is 0.0220. The summed E-state index contributed by atoms with van der Waals surface area (Å²) in [5.41, 5.74) is 0.672. The van der Waals surface area contributed by atoms with Crippen molar-refractivity contribution in [3.8, 4) is 0 Å². The van der Waals surface area contributed by atoms with E-state index in [1.807, 2.05) is 0 Å². The highest BCUT2D eigenvalue weighted by molar-refractivity contribution is 4.95. The van der Waals surface area contributed by atoms with Gasteiger partial charge < -0.3 is 5.32 Å². The van der Waals surface area contributed by atoms with Gasteiger partial charge in [0.2, 0.25) is 0 Å². The second-order valence-electron chi connectivity index (χ2n) is 7.61. The van der Waals surface area contributed by atoms with E-state index in [1.165, 1.54) is 70.8 Å². The fourth-order valence-corrected chi connectivity index (χ4v) is 4.19. The minimum Gasteiger partial charge on any atom is -0.314 e. The van der Waals surface area contributed by atoms with Crippen LogP contribution in [-0.2, 0) is 0 Å². The molecule has 0 radical (unpaired) electrons. The van der Waals surface area contributed by atoms with Crippen molar-refractivity contribution in [2.45, 2.75) is 91.0 Å². The Morgan fingerprint density at radius 3 is 2.26 bits per heavy atom. The van der Waals surface area contributed by atoms with Gasteiger partial charge in [0.25, 0.3) is 0 Å². The minimum atomic E-state index is 0.648. The molecule has 0 aromatic carbocycles. The molecule has 2 aliphatic rings. The smallest absolute Gasteiger partial charge is 0.00128 e. The molecule has 112 valence electrons. The fourth-order valence-electron chi connectivity index (χ4n) is 4.19. The molecule has 1 nitrogen and oxygen atoms in total. The molecule has 0 atom stereocenters. The third-order valence-electron chi connectivity index (χ3n) is 5.90. The first-order chi connectivity index (χ1) is 9.16. The summed E-state index contributed by atoms with van der Waals surface area (Å²) in [6.07, 6.45) is 14.9. The maximum absolute atomic E-state index is 3.76. The monoisotopic (exact) mass is 265 g/mol. The molecule has 0 aromatic heterocycles. The maximum atomic E-state index is 3.76. The van der Waals surface area contributed by atoms with Crippen LogP contribution < -0.4 is 5.32 Å². The first kappa shape index (κ1) is 15.4. The van der Waals surface area contributed by atoms with Gasteiger partial charge in [-0.25, -0.2) is 0 Å². The van der Waals surface area contributed by atoms with Crippen molar-refractivity contribution < 1.29 is 0 Å². The van der Waals surface area contributed by atoms with Crippen LogP contribution in [0.1, 0.15) is 85.0 Å². The van der Waals surface area contributed by atoms with E-state index in [2.05, 4.69) is 26.1 Å². The third kappa shape index (κ3) is 3.97. The van der Waals surface area contributed by atoms with Gasteiger partial charge in [-0.1, -0.05) is 46.5 Å². The lowest BCUT2D eigenvalue weighted by atomic mass is 9.57. The van der Waals surface area contributed by atoms with E-state index >= 15 is 0 Å². The average Bonchev–Trinajstić information content (AvgIpc) is 2.34. The van der Waals surface area contributed by atoms with E-state index in [4.69, 9.17) is 0 Å².